The summed E-state index contributed by atoms with van der Waals surface area (Å²) < 4.78 is 0. The first-order valence-electron chi connectivity index (χ1n) is 7.82. The van der Waals surface area contributed by atoms with Crippen LogP contribution in [0.4, 0.5) is 17.5 Å². The Hall–Kier alpha value is -3.10. The normalized spacial score (nSPS) is 10.1. The zero-order valence-corrected chi connectivity index (χ0v) is 14.2. The lowest BCUT2D eigenvalue weighted by molar-refractivity contribution is 1.00. The highest BCUT2D eigenvalue weighted by Gasteiger charge is 2.04. The summed E-state index contributed by atoms with van der Waals surface area (Å²) in [5.41, 5.74) is 2.39. The fraction of sp³-hybridized carbons (Fsp3) is 0.105. The molecule has 6 heteroatoms. The standard InChI is InChI=1S/C19H16ClN5/c20-16-6-3-4-14(12-16)8-10-22-18-9-11-23-19(25-18)24-17-7-2-1-5-15(17)13-21/h1-7,9,11-12H,8,10H2,(H2,22,23,24,25). The van der Waals surface area contributed by atoms with Crippen molar-refractivity contribution in [2.75, 3.05) is 17.2 Å². The average molecular weight is 350 g/mol. The average Bonchev–Trinajstić information content (AvgIpc) is 2.63. The molecule has 25 heavy (non-hydrogen) atoms. The summed E-state index contributed by atoms with van der Waals surface area (Å²) in [7, 11) is 0. The molecule has 0 saturated heterocycles. The minimum Gasteiger partial charge on any atom is -0.370 e. The van der Waals surface area contributed by atoms with Crippen molar-refractivity contribution in [1.82, 2.24) is 9.97 Å². The van der Waals surface area contributed by atoms with Gasteiger partial charge in [0, 0.05) is 17.8 Å². The van der Waals surface area contributed by atoms with Crippen LogP contribution in [-0.2, 0) is 6.42 Å². The molecule has 0 fully saturated rings. The third kappa shape index (κ3) is 4.69. The van der Waals surface area contributed by atoms with Crippen LogP contribution in [0, 0.1) is 11.3 Å². The molecule has 0 unspecified atom stereocenters. The number of aromatic nitrogens is 2. The maximum atomic E-state index is 9.14. The summed E-state index contributed by atoms with van der Waals surface area (Å²) in [6, 6.07) is 19.0. The van der Waals surface area contributed by atoms with E-state index in [0.29, 0.717) is 23.0 Å². The van der Waals surface area contributed by atoms with Gasteiger partial charge in [0.15, 0.2) is 0 Å². The van der Waals surface area contributed by atoms with Gasteiger partial charge in [0.25, 0.3) is 0 Å². The van der Waals surface area contributed by atoms with Gasteiger partial charge in [-0.25, -0.2) is 4.98 Å². The van der Waals surface area contributed by atoms with Crippen LogP contribution in [0.3, 0.4) is 0 Å². The SMILES string of the molecule is N#Cc1ccccc1Nc1nccc(NCCc2cccc(Cl)c2)n1. The maximum Gasteiger partial charge on any atom is 0.229 e. The van der Waals surface area contributed by atoms with Gasteiger partial charge in [-0.15, -0.1) is 0 Å². The number of para-hydroxylation sites is 1. The molecule has 2 N–H and O–H groups in total. The Labute approximate surface area is 151 Å². The van der Waals surface area contributed by atoms with Crippen LogP contribution in [0.15, 0.2) is 60.8 Å². The molecular weight excluding hydrogens is 334 g/mol. The summed E-state index contributed by atoms with van der Waals surface area (Å²) in [5.74, 6) is 1.16. The topological polar surface area (TPSA) is 73.6 Å². The second-order valence-electron chi connectivity index (χ2n) is 5.35. The van der Waals surface area contributed by atoms with E-state index in [-0.39, 0.29) is 0 Å². The van der Waals surface area contributed by atoms with Crippen LogP contribution < -0.4 is 10.6 Å². The Balaban J connectivity index is 1.62. The van der Waals surface area contributed by atoms with E-state index in [1.54, 1.807) is 18.3 Å². The van der Waals surface area contributed by atoms with Crippen LogP contribution in [0.1, 0.15) is 11.1 Å². The molecule has 3 aromatic rings. The van der Waals surface area contributed by atoms with Crippen LogP contribution in [-0.4, -0.2) is 16.5 Å². The van der Waals surface area contributed by atoms with Crippen LogP contribution in [0.2, 0.25) is 5.02 Å². The van der Waals surface area contributed by atoms with E-state index in [1.807, 2.05) is 42.5 Å². The molecule has 0 amide bonds. The van der Waals surface area contributed by atoms with Crippen molar-refractivity contribution in [1.29, 1.82) is 5.26 Å². The van der Waals surface area contributed by atoms with E-state index >= 15 is 0 Å². The third-order valence-corrected chi connectivity index (χ3v) is 3.79. The Kier molecular flexibility index (Phi) is 5.45. The van der Waals surface area contributed by atoms with Crippen molar-refractivity contribution in [3.8, 4) is 6.07 Å². The molecule has 0 spiro atoms. The second-order valence-corrected chi connectivity index (χ2v) is 5.79. The molecule has 5 nitrogen and oxygen atoms in total. The van der Waals surface area contributed by atoms with Crippen molar-refractivity contribution in [2.24, 2.45) is 0 Å². The molecule has 0 radical (unpaired) electrons. The summed E-state index contributed by atoms with van der Waals surface area (Å²) >= 11 is 5.99. The maximum absolute atomic E-state index is 9.14. The van der Waals surface area contributed by atoms with Gasteiger partial charge in [0.2, 0.25) is 5.95 Å². The van der Waals surface area contributed by atoms with Crippen molar-refractivity contribution in [3.05, 3.63) is 76.9 Å². The van der Waals surface area contributed by atoms with Gasteiger partial charge in [0.1, 0.15) is 11.9 Å². The number of benzene rings is 2. The molecule has 2 aromatic carbocycles. The largest absolute Gasteiger partial charge is 0.370 e. The minimum absolute atomic E-state index is 0.440. The van der Waals surface area contributed by atoms with Crippen LogP contribution in [0.25, 0.3) is 0 Å². The van der Waals surface area contributed by atoms with Crippen molar-refractivity contribution < 1.29 is 0 Å². The lowest BCUT2D eigenvalue weighted by Gasteiger charge is -2.09. The summed E-state index contributed by atoms with van der Waals surface area (Å²) in [4.78, 5) is 8.62. The smallest absolute Gasteiger partial charge is 0.229 e. The Morgan fingerprint density at radius 3 is 2.80 bits per heavy atom. The van der Waals surface area contributed by atoms with Crippen LogP contribution >= 0.6 is 11.6 Å². The lowest BCUT2D eigenvalue weighted by Crippen LogP contribution is -2.08. The molecule has 0 aliphatic carbocycles. The van der Waals surface area contributed by atoms with Gasteiger partial charge in [-0.1, -0.05) is 35.9 Å². The molecular formula is C19H16ClN5. The quantitative estimate of drug-likeness (QED) is 0.690. The molecule has 0 aliphatic rings. The zero-order valence-electron chi connectivity index (χ0n) is 13.4. The first kappa shape index (κ1) is 16.7. The Morgan fingerprint density at radius 1 is 1.08 bits per heavy atom. The van der Waals surface area contributed by atoms with E-state index in [1.165, 1.54) is 0 Å². The molecule has 124 valence electrons. The first-order chi connectivity index (χ1) is 12.2. The van der Waals surface area contributed by atoms with E-state index in [2.05, 4.69) is 26.7 Å². The highest BCUT2D eigenvalue weighted by Crippen LogP contribution is 2.18. The van der Waals surface area contributed by atoms with E-state index < -0.39 is 0 Å². The Bertz CT molecular complexity index is 904. The molecule has 1 heterocycles. The number of hydrogen-bond acceptors (Lipinski definition) is 5. The fourth-order valence-electron chi connectivity index (χ4n) is 2.35. The fourth-order valence-corrected chi connectivity index (χ4v) is 2.57. The molecule has 0 atom stereocenters. The van der Waals surface area contributed by atoms with Gasteiger partial charge in [-0.05, 0) is 42.3 Å². The monoisotopic (exact) mass is 349 g/mol. The summed E-state index contributed by atoms with van der Waals surface area (Å²) in [5, 5.41) is 16.2. The number of hydrogen-bond donors (Lipinski definition) is 2. The zero-order chi connectivity index (χ0) is 17.5. The third-order valence-electron chi connectivity index (χ3n) is 3.56. The minimum atomic E-state index is 0.440. The first-order valence-corrected chi connectivity index (χ1v) is 8.20. The van der Waals surface area contributed by atoms with Crippen LogP contribution in [0.5, 0.6) is 0 Å². The van der Waals surface area contributed by atoms with E-state index in [9.17, 15) is 0 Å². The highest BCUT2D eigenvalue weighted by molar-refractivity contribution is 6.30. The molecule has 3 rings (SSSR count). The lowest BCUT2D eigenvalue weighted by atomic mass is 10.1. The van der Waals surface area contributed by atoms with E-state index in [0.717, 1.165) is 23.6 Å². The number of rotatable bonds is 6. The molecule has 1 aromatic heterocycles. The van der Waals surface area contributed by atoms with Gasteiger partial charge < -0.3 is 10.6 Å². The van der Waals surface area contributed by atoms with E-state index in [4.69, 9.17) is 16.9 Å². The number of anilines is 3. The predicted molar refractivity (Wildman–Crippen MR) is 100 cm³/mol. The molecule has 0 saturated carbocycles. The van der Waals surface area contributed by atoms with Gasteiger partial charge in [0.05, 0.1) is 11.3 Å². The molecule has 0 aliphatic heterocycles. The van der Waals surface area contributed by atoms with Gasteiger partial charge >= 0.3 is 0 Å². The Morgan fingerprint density at radius 2 is 1.96 bits per heavy atom. The highest BCUT2D eigenvalue weighted by atomic mass is 35.5. The molecule has 0 bridgehead atoms. The van der Waals surface area contributed by atoms with Crippen molar-refractivity contribution in [2.45, 2.75) is 6.42 Å². The summed E-state index contributed by atoms with van der Waals surface area (Å²) in [6.45, 7) is 0.728. The predicted octanol–water partition coefficient (Wildman–Crippen LogP) is 4.40. The number of nitrogens with one attached hydrogen (secondary N) is 2. The number of halogens is 1. The summed E-state index contributed by atoms with van der Waals surface area (Å²) in [6.07, 6.45) is 2.51. The number of nitriles is 1. The van der Waals surface area contributed by atoms with Crippen molar-refractivity contribution >= 4 is 29.1 Å². The van der Waals surface area contributed by atoms with Gasteiger partial charge in [-0.2, -0.15) is 10.2 Å². The number of nitrogens with zero attached hydrogens (tertiary/aromatic N) is 3. The van der Waals surface area contributed by atoms with Crippen molar-refractivity contribution in [3.63, 3.8) is 0 Å². The second kappa shape index (κ2) is 8.13. The van der Waals surface area contributed by atoms with Gasteiger partial charge in [-0.3, -0.25) is 0 Å².